The van der Waals surface area contributed by atoms with Crippen LogP contribution in [0, 0.1) is 5.92 Å². The first-order chi connectivity index (χ1) is 7.39. The Bertz CT molecular complexity index is 175. The first kappa shape index (κ1) is 13.9. The molecule has 0 aliphatic heterocycles. The number of hydrogen-bond acceptors (Lipinski definition) is 1. The van der Waals surface area contributed by atoms with Crippen LogP contribution in [-0.4, -0.2) is 6.79 Å². The molecule has 2 rings (SSSR count). The minimum absolute atomic E-state index is 1.04. The second kappa shape index (κ2) is 11.0. The quantitative estimate of drug-likeness (QED) is 0.625. The summed E-state index contributed by atoms with van der Waals surface area (Å²) in [6.45, 7) is 4.36. The first-order valence-electron chi connectivity index (χ1n) is 5.68. The molecule has 1 aliphatic carbocycles. The Labute approximate surface area is 93.5 Å². The van der Waals surface area contributed by atoms with Gasteiger partial charge in [-0.2, -0.15) is 0 Å². The number of carbonyl (C=O) groups is 1. The van der Waals surface area contributed by atoms with Crippen LogP contribution in [0.4, 0.5) is 0 Å². The van der Waals surface area contributed by atoms with E-state index in [1.165, 1.54) is 32.1 Å². The van der Waals surface area contributed by atoms with E-state index in [1.807, 2.05) is 43.2 Å². The molecule has 0 atom stereocenters. The zero-order valence-corrected chi connectivity index (χ0v) is 9.69. The lowest BCUT2D eigenvalue weighted by Gasteiger charge is -2.15. The van der Waals surface area contributed by atoms with Crippen LogP contribution in [0.1, 0.15) is 39.0 Å². The molecule has 0 saturated heterocycles. The molecular formula is C14H22O. The van der Waals surface area contributed by atoms with Crippen molar-refractivity contribution in [3.8, 4) is 0 Å². The molecule has 0 bridgehead atoms. The Kier molecular flexibility index (Phi) is 10.2. The van der Waals surface area contributed by atoms with Gasteiger partial charge in [-0.1, -0.05) is 75.4 Å². The fourth-order valence-corrected chi connectivity index (χ4v) is 1.69. The zero-order chi connectivity index (χ0) is 11.4. The lowest BCUT2D eigenvalue weighted by atomic mass is 9.91. The van der Waals surface area contributed by atoms with Crippen LogP contribution >= 0.6 is 0 Å². The third-order valence-electron chi connectivity index (χ3n) is 2.56. The molecule has 15 heavy (non-hydrogen) atoms. The highest BCUT2D eigenvalue weighted by Crippen LogP contribution is 2.22. The van der Waals surface area contributed by atoms with Gasteiger partial charge in [-0.15, -0.1) is 0 Å². The molecule has 84 valence electrons. The molecule has 1 nitrogen and oxygen atoms in total. The van der Waals surface area contributed by atoms with E-state index >= 15 is 0 Å². The third-order valence-corrected chi connectivity index (χ3v) is 2.56. The summed E-state index contributed by atoms with van der Waals surface area (Å²) in [4.78, 5) is 8.00. The van der Waals surface area contributed by atoms with Crippen molar-refractivity contribution in [2.45, 2.75) is 39.0 Å². The second-order valence-corrected chi connectivity index (χ2v) is 3.90. The summed E-state index contributed by atoms with van der Waals surface area (Å²) >= 11 is 0. The second-order valence-electron chi connectivity index (χ2n) is 3.90. The smallest absolute Gasteiger partial charge is 0.106 e. The minimum atomic E-state index is 1.04. The van der Waals surface area contributed by atoms with Crippen molar-refractivity contribution < 1.29 is 4.79 Å². The summed E-state index contributed by atoms with van der Waals surface area (Å²) in [7, 11) is 0. The summed E-state index contributed by atoms with van der Waals surface area (Å²) < 4.78 is 0. The van der Waals surface area contributed by atoms with Gasteiger partial charge in [-0.25, -0.2) is 0 Å². The number of hydrogen-bond donors (Lipinski definition) is 0. The zero-order valence-electron chi connectivity index (χ0n) is 9.69. The van der Waals surface area contributed by atoms with E-state index in [-0.39, 0.29) is 0 Å². The van der Waals surface area contributed by atoms with Crippen LogP contribution in [0.25, 0.3) is 0 Å². The van der Waals surface area contributed by atoms with Crippen molar-refractivity contribution >= 4 is 6.79 Å². The highest BCUT2D eigenvalue weighted by molar-refractivity contribution is 5.11. The Morgan fingerprint density at radius 3 is 1.33 bits per heavy atom. The van der Waals surface area contributed by atoms with Crippen molar-refractivity contribution in [2.24, 2.45) is 5.92 Å². The predicted octanol–water partition coefficient (Wildman–Crippen LogP) is 4.09. The largest absolute Gasteiger partial charge is 0.307 e. The molecule has 0 aromatic heterocycles. The SMILES string of the molecule is C=O.CC1CCCCC1.c1ccccc1. The van der Waals surface area contributed by atoms with Crippen molar-refractivity contribution in [1.82, 2.24) is 0 Å². The lowest BCUT2D eigenvalue weighted by molar-refractivity contribution is -0.0979. The van der Waals surface area contributed by atoms with Gasteiger partial charge in [0.1, 0.15) is 6.79 Å². The lowest BCUT2D eigenvalue weighted by Crippen LogP contribution is -1.99. The fraction of sp³-hybridized carbons (Fsp3) is 0.500. The van der Waals surface area contributed by atoms with E-state index < -0.39 is 0 Å². The molecule has 0 amide bonds. The Morgan fingerprint density at radius 1 is 0.800 bits per heavy atom. The maximum Gasteiger partial charge on any atom is 0.106 e. The highest BCUT2D eigenvalue weighted by atomic mass is 16.1. The molecule has 1 aromatic rings. The first-order valence-corrected chi connectivity index (χ1v) is 5.68. The van der Waals surface area contributed by atoms with Gasteiger partial charge < -0.3 is 4.79 Å². The third kappa shape index (κ3) is 9.20. The van der Waals surface area contributed by atoms with Crippen LogP contribution in [0.3, 0.4) is 0 Å². The summed E-state index contributed by atoms with van der Waals surface area (Å²) in [5.41, 5.74) is 0. The Morgan fingerprint density at radius 2 is 1.13 bits per heavy atom. The van der Waals surface area contributed by atoms with E-state index in [1.54, 1.807) is 0 Å². The van der Waals surface area contributed by atoms with Gasteiger partial charge in [0.15, 0.2) is 0 Å². The van der Waals surface area contributed by atoms with Gasteiger partial charge in [0, 0.05) is 0 Å². The summed E-state index contributed by atoms with van der Waals surface area (Å²) in [5, 5.41) is 0. The molecule has 0 heterocycles. The predicted molar refractivity (Wildman–Crippen MR) is 65.8 cm³/mol. The monoisotopic (exact) mass is 206 g/mol. The maximum absolute atomic E-state index is 8.00. The number of carbonyl (C=O) groups excluding carboxylic acids is 1. The van der Waals surface area contributed by atoms with Gasteiger partial charge in [-0.3, -0.25) is 0 Å². The highest BCUT2D eigenvalue weighted by Gasteiger charge is 2.05. The number of benzene rings is 1. The van der Waals surface area contributed by atoms with Gasteiger partial charge in [0.25, 0.3) is 0 Å². The molecule has 1 saturated carbocycles. The molecular weight excluding hydrogens is 184 g/mol. The summed E-state index contributed by atoms with van der Waals surface area (Å²) in [6, 6.07) is 12.0. The van der Waals surface area contributed by atoms with E-state index in [9.17, 15) is 0 Å². The number of rotatable bonds is 0. The van der Waals surface area contributed by atoms with Gasteiger partial charge in [0.2, 0.25) is 0 Å². The molecule has 0 N–H and O–H groups in total. The van der Waals surface area contributed by atoms with Crippen LogP contribution in [0.15, 0.2) is 36.4 Å². The summed E-state index contributed by atoms with van der Waals surface area (Å²) in [6.07, 6.45) is 7.44. The van der Waals surface area contributed by atoms with E-state index in [2.05, 4.69) is 6.92 Å². The normalized spacial score (nSPS) is 15.3. The molecule has 1 aliphatic rings. The van der Waals surface area contributed by atoms with E-state index in [0.717, 1.165) is 5.92 Å². The van der Waals surface area contributed by atoms with E-state index in [0.29, 0.717) is 0 Å². The maximum atomic E-state index is 8.00. The van der Waals surface area contributed by atoms with Crippen molar-refractivity contribution in [3.05, 3.63) is 36.4 Å². The van der Waals surface area contributed by atoms with Gasteiger partial charge >= 0.3 is 0 Å². The summed E-state index contributed by atoms with van der Waals surface area (Å²) in [5.74, 6) is 1.04. The van der Waals surface area contributed by atoms with Crippen molar-refractivity contribution in [1.29, 1.82) is 0 Å². The molecule has 1 fully saturated rings. The Hall–Kier alpha value is -1.11. The van der Waals surface area contributed by atoms with Crippen LogP contribution in [-0.2, 0) is 4.79 Å². The van der Waals surface area contributed by atoms with Crippen LogP contribution < -0.4 is 0 Å². The average Bonchev–Trinajstić information content (AvgIpc) is 2.36. The van der Waals surface area contributed by atoms with Crippen LogP contribution in [0.5, 0.6) is 0 Å². The van der Waals surface area contributed by atoms with E-state index in [4.69, 9.17) is 4.79 Å². The molecule has 1 heteroatoms. The van der Waals surface area contributed by atoms with Crippen LogP contribution in [0.2, 0.25) is 0 Å². The topological polar surface area (TPSA) is 17.1 Å². The van der Waals surface area contributed by atoms with Gasteiger partial charge in [-0.05, 0) is 5.92 Å². The fourth-order valence-electron chi connectivity index (χ4n) is 1.69. The molecule has 0 unspecified atom stereocenters. The minimum Gasteiger partial charge on any atom is -0.307 e. The average molecular weight is 206 g/mol. The molecule has 0 radical (unpaired) electrons. The van der Waals surface area contributed by atoms with Gasteiger partial charge in [0.05, 0.1) is 0 Å². The van der Waals surface area contributed by atoms with Crippen molar-refractivity contribution in [3.63, 3.8) is 0 Å². The Balaban J connectivity index is 0.000000227. The van der Waals surface area contributed by atoms with Crippen molar-refractivity contribution in [2.75, 3.05) is 0 Å². The molecule has 1 aromatic carbocycles. The molecule has 0 spiro atoms. The standard InChI is InChI=1S/C7H14.C6H6.CH2O/c1-7-5-3-2-4-6-7;1-2-4-6-5-3-1;1-2/h7H,2-6H2,1H3;1-6H;1H2.